The van der Waals surface area contributed by atoms with Crippen LogP contribution in [0.1, 0.15) is 118 Å². The molecule has 15 rings (SSSR count). The molecule has 0 bridgehead atoms. The summed E-state index contributed by atoms with van der Waals surface area (Å²) in [6.07, 6.45) is 1.08. The topological polar surface area (TPSA) is 109 Å². The Labute approximate surface area is 507 Å². The van der Waals surface area contributed by atoms with Gasteiger partial charge in [-0.15, -0.1) is 0 Å². The molecular weight excluding hydrogens is 1210 g/mol. The largest absolute Gasteiger partial charge is 0.310 e. The van der Waals surface area contributed by atoms with Gasteiger partial charge in [-0.3, -0.25) is 9.59 Å². The lowest BCUT2D eigenvalue weighted by Gasteiger charge is -2.43. The third-order valence-electron chi connectivity index (χ3n) is 17.5. The Balaban J connectivity index is 0.000000152. The van der Waals surface area contributed by atoms with Crippen LogP contribution in [-0.4, -0.2) is 28.4 Å². The zero-order valence-corrected chi connectivity index (χ0v) is 51.7. The number of nitrogens with zero attached hydrogens (tertiary/aromatic N) is 2. The van der Waals surface area contributed by atoms with E-state index < -0.39 is 19.7 Å². The second-order valence-electron chi connectivity index (χ2n) is 23.4. The van der Waals surface area contributed by atoms with Crippen LogP contribution in [-0.2, 0) is 42.3 Å². The number of rotatable bonds is 2. The Kier molecular flexibility index (Phi) is 13.2. The first kappa shape index (κ1) is 55.2. The molecule has 0 unspecified atom stereocenters. The zero-order chi connectivity index (χ0) is 58.8. The van der Waals surface area contributed by atoms with Crippen LogP contribution in [0.15, 0.2) is 247 Å². The van der Waals surface area contributed by atoms with Gasteiger partial charge >= 0.3 is 0 Å². The molecule has 10 aromatic carbocycles. The van der Waals surface area contributed by atoms with Crippen LogP contribution in [0.5, 0.6) is 0 Å². The normalized spacial score (nSPS) is 16.7. The number of hydrogen-bond donors (Lipinski definition) is 0. The molecule has 0 aromatic heterocycles. The van der Waals surface area contributed by atoms with Gasteiger partial charge in [-0.2, -0.15) is 0 Å². The minimum absolute atomic E-state index is 0.0278. The van der Waals surface area contributed by atoms with Crippen LogP contribution in [0.3, 0.4) is 0 Å². The van der Waals surface area contributed by atoms with E-state index >= 15 is 0 Å². The number of para-hydroxylation sites is 4. The molecule has 8 nitrogen and oxygen atoms in total. The average molecular weight is 1270 g/mol. The Morgan fingerprint density at radius 2 is 0.726 bits per heavy atom. The van der Waals surface area contributed by atoms with E-state index in [1.54, 1.807) is 42.5 Å². The number of carbonyl (C=O) groups excluding carboxylic acids is 2. The van der Waals surface area contributed by atoms with Crippen molar-refractivity contribution < 1.29 is 26.4 Å². The van der Waals surface area contributed by atoms with E-state index in [-0.39, 0.29) is 69.6 Å². The lowest BCUT2D eigenvalue weighted by molar-refractivity contribution is 0.102. The molecule has 10 aromatic rings. The van der Waals surface area contributed by atoms with Crippen LogP contribution < -0.4 is 9.80 Å². The van der Waals surface area contributed by atoms with Gasteiger partial charge in [-0.25, -0.2) is 16.8 Å². The first-order valence-corrected chi connectivity index (χ1v) is 32.3. The van der Waals surface area contributed by atoms with Crippen LogP contribution in [0.2, 0.25) is 0 Å². The van der Waals surface area contributed by atoms with Gasteiger partial charge in [-0.05, 0) is 152 Å². The van der Waals surface area contributed by atoms with Crippen molar-refractivity contribution in [2.45, 2.75) is 83.8 Å². The van der Waals surface area contributed by atoms with Gasteiger partial charge in [0.2, 0.25) is 19.7 Å². The fraction of sp³-hybridized carbons (Fsp3) is 0.139. The lowest BCUT2D eigenvalue weighted by atomic mass is 9.69. The number of benzene rings is 10. The van der Waals surface area contributed by atoms with E-state index in [4.69, 9.17) is 0 Å². The summed E-state index contributed by atoms with van der Waals surface area (Å²) >= 11 is 6.48. The van der Waals surface area contributed by atoms with Gasteiger partial charge in [0.25, 0.3) is 0 Å². The zero-order valence-electron chi connectivity index (χ0n) is 46.9. The number of sulfone groups is 2. The Bertz CT molecular complexity index is 4540. The molecule has 0 N–H and O–H groups in total. The molecule has 12 heteroatoms. The monoisotopic (exact) mass is 1270 g/mol. The molecule has 0 atom stereocenters. The summed E-state index contributed by atoms with van der Waals surface area (Å²) in [5.74, 6) is -0.581. The van der Waals surface area contributed by atoms with Crippen molar-refractivity contribution in [2.24, 2.45) is 0 Å². The molecular formula is C72H56Br2N2O6S2. The van der Waals surface area contributed by atoms with E-state index in [0.29, 0.717) is 20.3 Å². The fourth-order valence-electron chi connectivity index (χ4n) is 13.4. The van der Waals surface area contributed by atoms with Crippen LogP contribution in [0, 0.1) is 0 Å². The van der Waals surface area contributed by atoms with E-state index in [1.807, 2.05) is 72.8 Å². The van der Waals surface area contributed by atoms with Gasteiger partial charge in [0.1, 0.15) is 0 Å². The third kappa shape index (κ3) is 8.45. The number of fused-ring (bicyclic) bond motifs is 10. The van der Waals surface area contributed by atoms with Crippen molar-refractivity contribution in [1.29, 1.82) is 0 Å². The maximum atomic E-state index is 14.7. The van der Waals surface area contributed by atoms with Gasteiger partial charge in [-0.1, -0.05) is 191 Å². The number of anilines is 6. The highest BCUT2D eigenvalue weighted by Crippen LogP contribution is 2.56. The lowest BCUT2D eigenvalue weighted by Crippen LogP contribution is -2.32. The molecule has 0 spiro atoms. The summed E-state index contributed by atoms with van der Waals surface area (Å²) < 4.78 is 55.6. The SMILES string of the molecule is CC1(C)c2ccccc2Cc2ccccc21.CC1(C)c2ccccc2N(c2ccc3c(c2)S(=O)(=O)c2cccc(N4c5ccccc5C(C)(C)c5ccccc54)c2C3=O)c2ccccc21.O=C1c2ccc(Br)cc2S(=O)(=O)c2cccc(Br)c21. The molecule has 0 saturated carbocycles. The van der Waals surface area contributed by atoms with Crippen molar-refractivity contribution in [3.05, 3.63) is 294 Å². The maximum absolute atomic E-state index is 14.7. The van der Waals surface area contributed by atoms with Gasteiger partial charge in [0.15, 0.2) is 11.6 Å². The number of hydrogen-bond acceptors (Lipinski definition) is 8. The minimum atomic E-state index is -4.09. The summed E-state index contributed by atoms with van der Waals surface area (Å²) in [4.78, 5) is 31.4. The van der Waals surface area contributed by atoms with Crippen molar-refractivity contribution >= 4 is 97.2 Å². The molecule has 1 aliphatic carbocycles. The van der Waals surface area contributed by atoms with E-state index in [0.717, 1.165) is 51.4 Å². The maximum Gasteiger partial charge on any atom is 0.208 e. The summed E-state index contributed by atoms with van der Waals surface area (Å²) in [7, 11) is -7.75. The molecule has 0 amide bonds. The minimum Gasteiger partial charge on any atom is -0.310 e. The average Bonchev–Trinajstić information content (AvgIpc) is 3.70. The van der Waals surface area contributed by atoms with Crippen molar-refractivity contribution in [2.75, 3.05) is 9.80 Å². The summed E-state index contributed by atoms with van der Waals surface area (Å²) in [5, 5.41) is 0. The highest BCUT2D eigenvalue weighted by Gasteiger charge is 2.44. The van der Waals surface area contributed by atoms with E-state index in [9.17, 15) is 26.4 Å². The first-order valence-electron chi connectivity index (χ1n) is 27.7. The second-order valence-corrected chi connectivity index (χ2v) is 28.9. The Hall–Kier alpha value is -8.00. The molecule has 416 valence electrons. The van der Waals surface area contributed by atoms with Crippen LogP contribution >= 0.6 is 31.9 Å². The molecule has 4 heterocycles. The molecule has 0 radical (unpaired) electrons. The van der Waals surface area contributed by atoms with Crippen LogP contribution in [0.4, 0.5) is 34.1 Å². The molecule has 0 saturated heterocycles. The predicted molar refractivity (Wildman–Crippen MR) is 340 cm³/mol. The molecule has 5 aliphatic rings. The Morgan fingerprint density at radius 3 is 1.23 bits per heavy atom. The molecule has 84 heavy (non-hydrogen) atoms. The molecule has 4 aliphatic heterocycles. The third-order valence-corrected chi connectivity index (χ3v) is 22.4. The quantitative estimate of drug-likeness (QED) is 0.168. The number of ketones is 2. The summed E-state index contributed by atoms with van der Waals surface area (Å²) in [5.41, 5.74) is 15.9. The number of carbonyl (C=O) groups is 2. The number of halogens is 2. The van der Waals surface area contributed by atoms with Gasteiger partial charge in [0, 0.05) is 42.0 Å². The summed E-state index contributed by atoms with van der Waals surface area (Å²) in [6, 6.07) is 70.3. The molecule has 0 fully saturated rings. The predicted octanol–water partition coefficient (Wildman–Crippen LogP) is 17.8. The van der Waals surface area contributed by atoms with Gasteiger partial charge < -0.3 is 9.80 Å². The fourth-order valence-corrected chi connectivity index (χ4v) is 17.9. The van der Waals surface area contributed by atoms with Crippen molar-refractivity contribution in [1.82, 2.24) is 0 Å². The highest BCUT2D eigenvalue weighted by molar-refractivity contribution is 9.10. The smallest absolute Gasteiger partial charge is 0.208 e. The first-order chi connectivity index (χ1) is 40.1. The van der Waals surface area contributed by atoms with Crippen LogP contribution in [0.25, 0.3) is 0 Å². The second kappa shape index (κ2) is 20.1. The van der Waals surface area contributed by atoms with Gasteiger partial charge in [0.05, 0.1) is 59.1 Å². The Morgan fingerprint density at radius 1 is 0.357 bits per heavy atom. The van der Waals surface area contributed by atoms with E-state index in [2.05, 4.69) is 168 Å². The van der Waals surface area contributed by atoms with E-state index in [1.165, 1.54) is 40.5 Å². The van der Waals surface area contributed by atoms with Crippen molar-refractivity contribution in [3.8, 4) is 0 Å². The standard InChI is InChI=1S/C43H34N2O3S.C16H16.C13H6Br2O3S/c1-42(2)29-14-5-9-18-33(29)44(34-19-10-6-15-30(34)42)27-24-25-28-39(26-27)49(47,48)38-23-13-22-37(40(38)41(28)46)45-35-20-11-7-16-31(35)43(3,4)32-17-8-12-21-36(32)45;1-16(2)14-9-5-3-7-12(14)11-13-8-4-6-10-15(13)16;14-7-4-5-8-11(6-7)19(17,18)10-3-1-2-9(15)12(10)13(8)16/h5-26H,1-4H3;3-10H,11H2,1-2H3;1-6H. The van der Waals surface area contributed by atoms with Crippen molar-refractivity contribution in [3.63, 3.8) is 0 Å². The highest BCUT2D eigenvalue weighted by atomic mass is 79.9. The summed E-state index contributed by atoms with van der Waals surface area (Å²) in [6.45, 7) is 13.5.